The Kier molecular flexibility index (Phi) is 4.19. The van der Waals surface area contributed by atoms with Crippen molar-refractivity contribution in [2.75, 3.05) is 13.2 Å². The number of rotatable bonds is 2. The second-order valence-corrected chi connectivity index (χ2v) is 10.8. The van der Waals surface area contributed by atoms with E-state index in [0.717, 1.165) is 43.8 Å². The van der Waals surface area contributed by atoms with Crippen LogP contribution in [0.2, 0.25) is 0 Å². The molecule has 0 aromatic rings. The number of hydrogen-bond donors (Lipinski definition) is 0. The van der Waals surface area contributed by atoms with Crippen LogP contribution in [-0.2, 0) is 14.3 Å². The van der Waals surface area contributed by atoms with Gasteiger partial charge >= 0.3 is 0 Å². The zero-order valence-electron chi connectivity index (χ0n) is 17.3. The summed E-state index contributed by atoms with van der Waals surface area (Å²) < 4.78 is 12.1. The maximum atomic E-state index is 11.5. The number of fused-ring (bicyclic) bond motifs is 5. The molecule has 0 aromatic carbocycles. The minimum atomic E-state index is -0.306. The number of hydrogen-bond acceptors (Lipinski definition) is 3. The van der Waals surface area contributed by atoms with Crippen LogP contribution in [0.15, 0.2) is 11.6 Å². The molecule has 0 amide bonds. The summed E-state index contributed by atoms with van der Waals surface area (Å²) in [4.78, 5) is 11.5. The van der Waals surface area contributed by atoms with Crippen molar-refractivity contribution in [3.63, 3.8) is 0 Å². The predicted octanol–water partition coefficient (Wildman–Crippen LogP) is 5.14. The Morgan fingerprint density at radius 2 is 1.85 bits per heavy atom. The van der Waals surface area contributed by atoms with E-state index in [2.05, 4.69) is 26.8 Å². The van der Waals surface area contributed by atoms with Crippen molar-refractivity contribution >= 4 is 6.29 Å². The summed E-state index contributed by atoms with van der Waals surface area (Å²) in [5, 5.41) is 0. The summed E-state index contributed by atoms with van der Waals surface area (Å²) in [6.45, 7) is 8.73. The highest BCUT2D eigenvalue weighted by molar-refractivity contribution is 5.53. The van der Waals surface area contributed by atoms with Crippen LogP contribution in [0.4, 0.5) is 0 Å². The molecule has 7 atom stereocenters. The molecule has 1 aliphatic heterocycles. The second-order valence-electron chi connectivity index (χ2n) is 10.8. The van der Waals surface area contributed by atoms with Gasteiger partial charge in [0.2, 0.25) is 0 Å². The summed E-state index contributed by atoms with van der Waals surface area (Å²) in [5.41, 5.74) is 2.33. The van der Waals surface area contributed by atoms with Crippen LogP contribution >= 0.6 is 0 Å². The van der Waals surface area contributed by atoms with Crippen molar-refractivity contribution in [3.05, 3.63) is 11.6 Å². The molecule has 3 saturated carbocycles. The first-order chi connectivity index (χ1) is 12.9. The standard InChI is InChI=1S/C24H36O3/c1-16(15-25)19-6-7-20-18-5-4-17-14-24(26-12-13-27-24)11-10-22(17,2)21(18)8-9-23(19,20)3/h4,15-16,18-21H,5-14H2,1-3H3/t16-,18?,19?,20?,21?,22+,23-/m1/s1. The van der Waals surface area contributed by atoms with Crippen LogP contribution in [0.25, 0.3) is 0 Å². The number of ether oxygens (including phenoxy) is 2. The van der Waals surface area contributed by atoms with E-state index in [0.29, 0.717) is 16.7 Å². The summed E-state index contributed by atoms with van der Waals surface area (Å²) in [6.07, 6.45) is 13.5. The molecule has 0 aromatic heterocycles. The van der Waals surface area contributed by atoms with Crippen LogP contribution in [0.3, 0.4) is 0 Å². The monoisotopic (exact) mass is 372 g/mol. The van der Waals surface area contributed by atoms with Crippen LogP contribution in [0.1, 0.15) is 72.1 Å². The molecule has 5 aliphatic rings. The Morgan fingerprint density at radius 1 is 1.07 bits per heavy atom. The Balaban J connectivity index is 1.43. The third kappa shape index (κ3) is 2.50. The summed E-state index contributed by atoms with van der Waals surface area (Å²) >= 11 is 0. The lowest BCUT2D eigenvalue weighted by Crippen LogP contribution is -2.52. The number of aldehydes is 1. The minimum absolute atomic E-state index is 0.216. The summed E-state index contributed by atoms with van der Waals surface area (Å²) in [7, 11) is 0. The Hall–Kier alpha value is -0.670. The van der Waals surface area contributed by atoms with Crippen molar-refractivity contribution in [2.45, 2.75) is 77.9 Å². The van der Waals surface area contributed by atoms with Gasteiger partial charge in [0.1, 0.15) is 6.29 Å². The zero-order valence-corrected chi connectivity index (χ0v) is 17.3. The summed E-state index contributed by atoms with van der Waals surface area (Å²) in [5.74, 6) is 2.91. The molecule has 0 radical (unpaired) electrons. The molecule has 3 heteroatoms. The van der Waals surface area contributed by atoms with Gasteiger partial charge in [-0.1, -0.05) is 32.4 Å². The van der Waals surface area contributed by atoms with Gasteiger partial charge in [-0.15, -0.1) is 0 Å². The molecule has 5 rings (SSSR count). The lowest BCUT2D eigenvalue weighted by atomic mass is 9.47. The van der Waals surface area contributed by atoms with Crippen LogP contribution < -0.4 is 0 Å². The van der Waals surface area contributed by atoms with E-state index in [1.54, 1.807) is 5.57 Å². The average molecular weight is 373 g/mol. The maximum Gasteiger partial charge on any atom is 0.172 e. The van der Waals surface area contributed by atoms with E-state index in [-0.39, 0.29) is 11.7 Å². The zero-order chi connectivity index (χ0) is 18.9. The van der Waals surface area contributed by atoms with Crippen LogP contribution in [0, 0.1) is 40.4 Å². The smallest absolute Gasteiger partial charge is 0.172 e. The van der Waals surface area contributed by atoms with Gasteiger partial charge in [-0.25, -0.2) is 0 Å². The molecule has 0 bridgehead atoms. The van der Waals surface area contributed by atoms with E-state index in [1.165, 1.54) is 44.8 Å². The van der Waals surface area contributed by atoms with Gasteiger partial charge in [0, 0.05) is 18.8 Å². The fourth-order valence-electron chi connectivity index (χ4n) is 8.35. The molecule has 4 aliphatic carbocycles. The first-order valence-electron chi connectivity index (χ1n) is 11.3. The third-order valence-corrected chi connectivity index (χ3v) is 9.85. The van der Waals surface area contributed by atoms with E-state index >= 15 is 0 Å². The van der Waals surface area contributed by atoms with Crippen molar-refractivity contribution in [1.29, 1.82) is 0 Å². The fourth-order valence-corrected chi connectivity index (χ4v) is 8.35. The fraction of sp³-hybridized carbons (Fsp3) is 0.875. The lowest BCUT2D eigenvalue weighted by Gasteiger charge is -2.59. The van der Waals surface area contributed by atoms with Gasteiger partial charge in [-0.2, -0.15) is 0 Å². The lowest BCUT2D eigenvalue weighted by molar-refractivity contribution is -0.185. The topological polar surface area (TPSA) is 35.5 Å². The van der Waals surface area contributed by atoms with Gasteiger partial charge in [0.05, 0.1) is 13.2 Å². The largest absolute Gasteiger partial charge is 0.347 e. The van der Waals surface area contributed by atoms with Crippen molar-refractivity contribution < 1.29 is 14.3 Å². The quantitative estimate of drug-likeness (QED) is 0.497. The molecule has 4 unspecified atom stereocenters. The normalized spacial score (nSPS) is 49.1. The second kappa shape index (κ2) is 6.16. The van der Waals surface area contributed by atoms with E-state index in [9.17, 15) is 4.79 Å². The SMILES string of the molecule is C[C@H](C=O)C1CCC2C3CC=C4CC5(CC[C@]4(C)C3CC[C@@]21C)OCCO5. The van der Waals surface area contributed by atoms with Gasteiger partial charge < -0.3 is 14.3 Å². The molecular weight excluding hydrogens is 336 g/mol. The predicted molar refractivity (Wildman–Crippen MR) is 105 cm³/mol. The Bertz CT molecular complexity index is 648. The van der Waals surface area contributed by atoms with E-state index in [1.807, 2.05) is 0 Å². The highest BCUT2D eigenvalue weighted by atomic mass is 16.7. The van der Waals surface area contributed by atoms with Crippen molar-refractivity contribution in [1.82, 2.24) is 0 Å². The molecule has 27 heavy (non-hydrogen) atoms. The first-order valence-corrected chi connectivity index (χ1v) is 11.3. The number of carbonyl (C=O) groups is 1. The number of allylic oxidation sites excluding steroid dienone is 1. The van der Waals surface area contributed by atoms with E-state index in [4.69, 9.17) is 9.47 Å². The highest BCUT2D eigenvalue weighted by Gasteiger charge is 2.60. The maximum absolute atomic E-state index is 11.5. The molecule has 4 fully saturated rings. The minimum Gasteiger partial charge on any atom is -0.347 e. The van der Waals surface area contributed by atoms with Crippen molar-refractivity contribution in [3.8, 4) is 0 Å². The molecule has 150 valence electrons. The van der Waals surface area contributed by atoms with Crippen LogP contribution in [-0.4, -0.2) is 25.3 Å². The van der Waals surface area contributed by atoms with Gasteiger partial charge in [0.15, 0.2) is 5.79 Å². The molecule has 3 nitrogen and oxygen atoms in total. The van der Waals surface area contributed by atoms with Gasteiger partial charge in [-0.3, -0.25) is 0 Å². The van der Waals surface area contributed by atoms with Crippen LogP contribution in [0.5, 0.6) is 0 Å². The molecule has 1 heterocycles. The Labute approximate surface area is 164 Å². The molecular formula is C24H36O3. The Morgan fingerprint density at radius 3 is 2.59 bits per heavy atom. The van der Waals surface area contributed by atoms with Crippen molar-refractivity contribution in [2.24, 2.45) is 40.4 Å². The molecule has 1 spiro atoms. The third-order valence-electron chi connectivity index (χ3n) is 9.85. The van der Waals surface area contributed by atoms with Gasteiger partial charge in [0.25, 0.3) is 0 Å². The van der Waals surface area contributed by atoms with Gasteiger partial charge in [-0.05, 0) is 73.0 Å². The highest BCUT2D eigenvalue weighted by Crippen LogP contribution is 2.67. The number of carbonyl (C=O) groups excluding carboxylic acids is 1. The molecule has 1 saturated heterocycles. The summed E-state index contributed by atoms with van der Waals surface area (Å²) in [6, 6.07) is 0. The van der Waals surface area contributed by atoms with E-state index < -0.39 is 0 Å². The average Bonchev–Trinajstić information content (AvgIpc) is 3.26. The molecule has 0 N–H and O–H groups in total. The first kappa shape index (κ1) is 18.4.